The van der Waals surface area contributed by atoms with Crippen LogP contribution in [0.1, 0.15) is 26.3 Å². The van der Waals surface area contributed by atoms with Gasteiger partial charge in [0.05, 0.1) is 15.4 Å². The van der Waals surface area contributed by atoms with Gasteiger partial charge >= 0.3 is 6.09 Å². The molecule has 0 saturated heterocycles. The fraction of sp³-hybridized carbons (Fsp3) is 0.304. The normalized spacial score (nSPS) is 13.4. The summed E-state index contributed by atoms with van der Waals surface area (Å²) in [7, 11) is -8.40. The number of aromatic nitrogens is 2. The summed E-state index contributed by atoms with van der Waals surface area (Å²) in [6, 6.07) is 6.12. The first kappa shape index (κ1) is 27.3. The highest BCUT2D eigenvalue weighted by Crippen LogP contribution is 2.34. The van der Waals surface area contributed by atoms with E-state index in [0.717, 1.165) is 36.8 Å². The van der Waals surface area contributed by atoms with Crippen LogP contribution in [0.25, 0.3) is 11.3 Å². The largest absolute Gasteiger partial charge is 0.465 e. The lowest BCUT2D eigenvalue weighted by Gasteiger charge is -2.30. The van der Waals surface area contributed by atoms with Crippen LogP contribution in [-0.2, 0) is 26.3 Å². The molecule has 3 rings (SSSR count). The van der Waals surface area contributed by atoms with Gasteiger partial charge in [-0.1, -0.05) is 26.8 Å². The summed E-state index contributed by atoms with van der Waals surface area (Å²) < 4.78 is 82.1. The molecule has 0 bridgehead atoms. The third-order valence-electron chi connectivity index (χ3n) is 5.56. The van der Waals surface area contributed by atoms with Crippen LogP contribution in [0, 0.1) is 17.2 Å². The number of benzene rings is 1. The Morgan fingerprint density at radius 2 is 1.75 bits per heavy atom. The molecule has 9 nitrogen and oxygen atoms in total. The van der Waals surface area contributed by atoms with Crippen molar-refractivity contribution in [3.05, 3.63) is 66.1 Å². The zero-order valence-electron chi connectivity index (χ0n) is 19.9. The Hall–Kier alpha value is -3.32. The van der Waals surface area contributed by atoms with Crippen molar-refractivity contribution in [1.29, 1.82) is 0 Å². The van der Waals surface area contributed by atoms with Gasteiger partial charge in [-0.2, -0.15) is 4.39 Å². The monoisotopic (exact) mass is 541 g/mol. The first-order valence-electron chi connectivity index (χ1n) is 10.6. The second-order valence-electron chi connectivity index (χ2n) is 9.28. The van der Waals surface area contributed by atoms with Gasteiger partial charge in [-0.15, -0.1) is 0 Å². The second-order valence-corrected chi connectivity index (χ2v) is 13.1. The van der Waals surface area contributed by atoms with Crippen molar-refractivity contribution in [3.63, 3.8) is 0 Å². The average Bonchev–Trinajstić information content (AvgIpc) is 3.09. The van der Waals surface area contributed by atoms with Crippen molar-refractivity contribution >= 4 is 26.0 Å². The van der Waals surface area contributed by atoms with Crippen LogP contribution in [-0.4, -0.2) is 49.3 Å². The fourth-order valence-electron chi connectivity index (χ4n) is 3.56. The first-order valence-corrected chi connectivity index (χ1v) is 13.9. The number of amides is 1. The van der Waals surface area contributed by atoms with Crippen LogP contribution >= 0.6 is 0 Å². The minimum Gasteiger partial charge on any atom is -0.465 e. The van der Waals surface area contributed by atoms with E-state index < -0.39 is 65.3 Å². The number of carboxylic acid groups (broad SMARTS) is 1. The van der Waals surface area contributed by atoms with Crippen molar-refractivity contribution in [3.8, 4) is 11.3 Å². The fourth-order valence-corrected chi connectivity index (χ4v) is 5.74. The van der Waals surface area contributed by atoms with Gasteiger partial charge < -0.3 is 10.4 Å². The van der Waals surface area contributed by atoms with Crippen LogP contribution in [0.15, 0.2) is 58.6 Å². The van der Waals surface area contributed by atoms with E-state index in [2.05, 4.69) is 10.3 Å². The number of carbonyl (C=O) groups is 1. The number of pyridine rings is 1. The van der Waals surface area contributed by atoms with Crippen LogP contribution < -0.4 is 5.32 Å². The second kappa shape index (κ2) is 9.62. The molecule has 3 aromatic rings. The molecule has 0 spiro atoms. The summed E-state index contributed by atoms with van der Waals surface area (Å²) in [4.78, 5) is 14.1. The van der Waals surface area contributed by atoms with E-state index in [1.54, 1.807) is 20.8 Å². The van der Waals surface area contributed by atoms with E-state index in [4.69, 9.17) is 0 Å². The Labute approximate surface area is 207 Å². The maximum atomic E-state index is 15.8. The molecule has 13 heteroatoms. The molecule has 1 amide bonds. The van der Waals surface area contributed by atoms with E-state index in [1.807, 2.05) is 0 Å². The zero-order valence-corrected chi connectivity index (χ0v) is 21.5. The Balaban J connectivity index is 2.28. The molecule has 2 N–H and O–H groups in total. The Morgan fingerprint density at radius 1 is 1.11 bits per heavy atom. The Morgan fingerprint density at radius 3 is 2.31 bits per heavy atom. The van der Waals surface area contributed by atoms with E-state index in [9.17, 15) is 31.1 Å². The molecule has 0 fully saturated rings. The minimum atomic E-state index is -4.63. The molecule has 194 valence electrons. The number of nitrogens with one attached hydrogen (secondary N) is 1. The molecule has 0 radical (unpaired) electrons. The van der Waals surface area contributed by atoms with Gasteiger partial charge in [0.15, 0.2) is 15.7 Å². The van der Waals surface area contributed by atoms with Gasteiger partial charge in [0, 0.05) is 30.3 Å². The molecule has 1 atom stereocenters. The lowest BCUT2D eigenvalue weighted by molar-refractivity contribution is 0.174. The maximum Gasteiger partial charge on any atom is 0.404 e. The van der Waals surface area contributed by atoms with Crippen molar-refractivity contribution in [2.75, 3.05) is 6.26 Å². The highest BCUT2D eigenvalue weighted by molar-refractivity contribution is 7.91. The predicted octanol–water partition coefficient (Wildman–Crippen LogP) is 3.69. The highest BCUT2D eigenvalue weighted by atomic mass is 32.2. The third-order valence-corrected chi connectivity index (χ3v) is 8.32. The Bertz CT molecular complexity index is 1530. The molecular formula is C23H25F2N3O6S2. The summed E-state index contributed by atoms with van der Waals surface area (Å²) >= 11 is 0. The number of sulfone groups is 1. The molecular weight excluding hydrogens is 516 g/mol. The molecule has 2 aromatic heterocycles. The smallest absolute Gasteiger partial charge is 0.404 e. The maximum absolute atomic E-state index is 15.8. The number of halogens is 2. The number of hydrogen-bond donors (Lipinski definition) is 2. The van der Waals surface area contributed by atoms with Crippen LogP contribution in [0.2, 0.25) is 0 Å². The standard InChI is InChI=1S/C23H25F2N3O6S2/c1-23(2,3)18(27-22(29)30)11-14-13-28(20(19(14)24)17-9-6-10-26-21(17)25)36(33,34)16-8-5-7-15(12-16)35(4,31)32/h5-10,12-13,18,27H,11H2,1-4H3,(H,29,30). The molecule has 2 heterocycles. The quantitative estimate of drug-likeness (QED) is 0.436. The summed E-state index contributed by atoms with van der Waals surface area (Å²) in [6.45, 7) is 5.16. The van der Waals surface area contributed by atoms with Gasteiger partial charge in [0.25, 0.3) is 10.0 Å². The number of hydrogen-bond acceptors (Lipinski definition) is 6. The van der Waals surface area contributed by atoms with Gasteiger partial charge in [0.1, 0.15) is 5.69 Å². The van der Waals surface area contributed by atoms with E-state index in [0.29, 0.717) is 3.97 Å². The summed E-state index contributed by atoms with van der Waals surface area (Å²) in [6.07, 6.45) is 1.37. The van der Waals surface area contributed by atoms with Crippen LogP contribution in [0.3, 0.4) is 0 Å². The molecule has 0 aliphatic rings. The van der Waals surface area contributed by atoms with Crippen molar-refractivity contribution in [2.24, 2.45) is 5.41 Å². The summed E-state index contributed by atoms with van der Waals surface area (Å²) in [5.41, 5.74) is -1.97. The minimum absolute atomic E-state index is 0.190. The third kappa shape index (κ3) is 5.57. The van der Waals surface area contributed by atoms with E-state index in [1.165, 1.54) is 18.2 Å². The zero-order chi connectivity index (χ0) is 27.1. The first-order chi connectivity index (χ1) is 16.5. The molecule has 0 saturated carbocycles. The van der Waals surface area contributed by atoms with Crippen LogP contribution in [0.5, 0.6) is 0 Å². The Kier molecular flexibility index (Phi) is 7.29. The number of nitrogens with zero attached hydrogens (tertiary/aromatic N) is 2. The van der Waals surface area contributed by atoms with Gasteiger partial charge in [-0.3, -0.25) is 0 Å². The van der Waals surface area contributed by atoms with Gasteiger partial charge in [-0.25, -0.2) is 35.0 Å². The van der Waals surface area contributed by atoms with E-state index >= 15 is 4.39 Å². The summed E-state index contributed by atoms with van der Waals surface area (Å²) in [5, 5.41) is 11.5. The van der Waals surface area contributed by atoms with Crippen molar-refractivity contribution in [1.82, 2.24) is 14.3 Å². The molecule has 1 unspecified atom stereocenters. The topological polar surface area (TPSA) is 135 Å². The van der Waals surface area contributed by atoms with Gasteiger partial charge in [0.2, 0.25) is 5.95 Å². The molecule has 36 heavy (non-hydrogen) atoms. The summed E-state index contributed by atoms with van der Waals surface area (Å²) in [5.74, 6) is -2.20. The SMILES string of the molecule is CC(C)(C)C(Cc1cn(S(=O)(=O)c2cccc(S(C)(=O)=O)c2)c(-c2cccnc2F)c1F)NC(=O)O. The molecule has 0 aliphatic heterocycles. The van der Waals surface area contributed by atoms with Crippen molar-refractivity contribution in [2.45, 2.75) is 43.0 Å². The van der Waals surface area contributed by atoms with E-state index in [-0.39, 0.29) is 16.9 Å². The van der Waals surface area contributed by atoms with Crippen molar-refractivity contribution < 1.29 is 35.5 Å². The number of rotatable bonds is 7. The lowest BCUT2D eigenvalue weighted by Crippen LogP contribution is -2.44. The van der Waals surface area contributed by atoms with Gasteiger partial charge in [-0.05, 0) is 42.2 Å². The predicted molar refractivity (Wildman–Crippen MR) is 128 cm³/mol. The van der Waals surface area contributed by atoms with Crippen LogP contribution in [0.4, 0.5) is 13.6 Å². The highest BCUT2D eigenvalue weighted by Gasteiger charge is 2.33. The molecule has 1 aromatic carbocycles. The average molecular weight is 542 g/mol. The molecule has 0 aliphatic carbocycles. The lowest BCUT2D eigenvalue weighted by atomic mass is 9.83.